The minimum Gasteiger partial charge on any atom is -0.397 e. The molecule has 0 aliphatic carbocycles. The summed E-state index contributed by atoms with van der Waals surface area (Å²) in [4.78, 5) is 28.3. The molecule has 1 aliphatic rings. The van der Waals surface area contributed by atoms with E-state index in [4.69, 9.17) is 5.73 Å². The Morgan fingerprint density at radius 2 is 1.72 bits per heavy atom. The zero-order chi connectivity index (χ0) is 20.5. The molecule has 3 aromatic rings. The highest BCUT2D eigenvalue weighted by molar-refractivity contribution is 6.05. The molecule has 0 spiro atoms. The van der Waals surface area contributed by atoms with Gasteiger partial charge in [-0.25, -0.2) is 0 Å². The average molecular weight is 388 g/mol. The van der Waals surface area contributed by atoms with Crippen molar-refractivity contribution in [3.63, 3.8) is 0 Å². The summed E-state index contributed by atoms with van der Waals surface area (Å²) < 4.78 is 0. The van der Waals surface area contributed by atoms with Crippen LogP contribution in [0.15, 0.2) is 73.1 Å². The van der Waals surface area contributed by atoms with Crippen LogP contribution in [0.25, 0.3) is 0 Å². The Labute approximate surface area is 170 Å². The Morgan fingerprint density at radius 3 is 2.31 bits per heavy atom. The summed E-state index contributed by atoms with van der Waals surface area (Å²) >= 11 is 0. The highest BCUT2D eigenvalue weighted by Gasteiger charge is 2.13. The topological polar surface area (TPSA) is 88.3 Å². The molecule has 0 atom stereocenters. The quantitative estimate of drug-likeness (QED) is 0.521. The van der Waals surface area contributed by atoms with E-state index in [2.05, 4.69) is 15.2 Å². The number of benzene rings is 2. The standard InChI is InChI=1S/C17H19N3O.C6H5NO/c18-15-5-1-2-6-16(15)19-17(21)13-7-9-14(10-8-13)20-11-3-4-12-20;8-5-6-2-1-3-7-4-6/h1-2,5-10H,3-4,11-12,18H2,(H,19,21);1-5H. The van der Waals surface area contributed by atoms with Gasteiger partial charge in [0, 0.05) is 42.3 Å². The van der Waals surface area contributed by atoms with Crippen LogP contribution >= 0.6 is 0 Å². The zero-order valence-corrected chi connectivity index (χ0v) is 16.1. The van der Waals surface area contributed by atoms with Crippen molar-refractivity contribution in [2.75, 3.05) is 29.0 Å². The molecule has 6 nitrogen and oxygen atoms in total. The summed E-state index contributed by atoms with van der Waals surface area (Å²) in [7, 11) is 0. The predicted molar refractivity (Wildman–Crippen MR) is 116 cm³/mol. The molecule has 2 heterocycles. The first kappa shape index (κ1) is 20.1. The van der Waals surface area contributed by atoms with Gasteiger partial charge in [0.2, 0.25) is 0 Å². The number of pyridine rings is 1. The van der Waals surface area contributed by atoms with Crippen LogP contribution in [-0.4, -0.2) is 30.3 Å². The molecule has 29 heavy (non-hydrogen) atoms. The van der Waals surface area contributed by atoms with Gasteiger partial charge in [-0.1, -0.05) is 12.1 Å². The largest absolute Gasteiger partial charge is 0.397 e. The van der Waals surface area contributed by atoms with Crippen molar-refractivity contribution in [1.82, 2.24) is 4.98 Å². The number of carbonyl (C=O) groups excluding carboxylic acids is 2. The molecule has 0 saturated carbocycles. The first-order chi connectivity index (χ1) is 14.2. The third-order valence-electron chi connectivity index (χ3n) is 4.63. The van der Waals surface area contributed by atoms with Crippen molar-refractivity contribution in [1.29, 1.82) is 0 Å². The van der Waals surface area contributed by atoms with Crippen molar-refractivity contribution < 1.29 is 9.59 Å². The van der Waals surface area contributed by atoms with E-state index >= 15 is 0 Å². The summed E-state index contributed by atoms with van der Waals surface area (Å²) in [6.07, 6.45) is 6.41. The van der Waals surface area contributed by atoms with Gasteiger partial charge >= 0.3 is 0 Å². The fraction of sp³-hybridized carbons (Fsp3) is 0.174. The molecule has 6 heteroatoms. The number of nitrogens with zero attached hydrogens (tertiary/aromatic N) is 2. The highest BCUT2D eigenvalue weighted by atomic mass is 16.1. The molecular formula is C23H24N4O2. The number of hydrogen-bond acceptors (Lipinski definition) is 5. The summed E-state index contributed by atoms with van der Waals surface area (Å²) in [5.74, 6) is -0.138. The third kappa shape index (κ3) is 5.65. The Hall–Kier alpha value is -3.67. The number of nitrogens with two attached hydrogens (primary N) is 1. The van der Waals surface area contributed by atoms with E-state index in [9.17, 15) is 9.59 Å². The van der Waals surface area contributed by atoms with Crippen molar-refractivity contribution in [2.24, 2.45) is 0 Å². The van der Waals surface area contributed by atoms with Gasteiger partial charge in [-0.2, -0.15) is 0 Å². The molecular weight excluding hydrogens is 364 g/mol. The second kappa shape index (κ2) is 10.0. The van der Waals surface area contributed by atoms with Crippen molar-refractivity contribution >= 4 is 29.3 Å². The van der Waals surface area contributed by atoms with Crippen LogP contribution in [0.4, 0.5) is 17.1 Å². The van der Waals surface area contributed by atoms with Crippen LogP contribution in [0.2, 0.25) is 0 Å². The minimum atomic E-state index is -0.138. The lowest BCUT2D eigenvalue weighted by Gasteiger charge is -2.17. The molecule has 2 aromatic carbocycles. The smallest absolute Gasteiger partial charge is 0.255 e. The van der Waals surface area contributed by atoms with Gasteiger partial charge < -0.3 is 16.0 Å². The van der Waals surface area contributed by atoms with Crippen molar-refractivity contribution in [3.05, 3.63) is 84.2 Å². The molecule has 0 bridgehead atoms. The summed E-state index contributed by atoms with van der Waals surface area (Å²) in [5, 5.41) is 2.84. The summed E-state index contributed by atoms with van der Waals surface area (Å²) in [6.45, 7) is 2.21. The lowest BCUT2D eigenvalue weighted by atomic mass is 10.1. The minimum absolute atomic E-state index is 0.138. The molecule has 148 valence electrons. The molecule has 3 N–H and O–H groups in total. The second-order valence-corrected chi connectivity index (χ2v) is 6.69. The number of hydrogen-bond donors (Lipinski definition) is 2. The fourth-order valence-electron chi connectivity index (χ4n) is 3.05. The Kier molecular flexibility index (Phi) is 6.95. The Bertz CT molecular complexity index is 937. The maximum Gasteiger partial charge on any atom is 0.255 e. The van der Waals surface area contributed by atoms with Crippen LogP contribution in [0, 0.1) is 0 Å². The maximum absolute atomic E-state index is 12.2. The molecule has 1 amide bonds. The molecule has 0 radical (unpaired) electrons. The van der Waals surface area contributed by atoms with Gasteiger partial charge in [-0.15, -0.1) is 0 Å². The van der Waals surface area contributed by atoms with E-state index in [1.165, 1.54) is 24.7 Å². The van der Waals surface area contributed by atoms with E-state index < -0.39 is 0 Å². The van der Waals surface area contributed by atoms with Gasteiger partial charge in [0.1, 0.15) is 0 Å². The number of aromatic nitrogens is 1. The van der Waals surface area contributed by atoms with Crippen LogP contribution in [0.5, 0.6) is 0 Å². The van der Waals surface area contributed by atoms with Gasteiger partial charge in [0.25, 0.3) is 5.91 Å². The van der Waals surface area contributed by atoms with E-state index in [0.717, 1.165) is 19.4 Å². The number of rotatable bonds is 4. The Balaban J connectivity index is 0.000000252. The molecule has 4 rings (SSSR count). The summed E-state index contributed by atoms with van der Waals surface area (Å²) in [5.41, 5.74) is 9.49. The first-order valence-corrected chi connectivity index (χ1v) is 9.53. The molecule has 0 unspecified atom stereocenters. The summed E-state index contributed by atoms with van der Waals surface area (Å²) in [6, 6.07) is 18.4. The zero-order valence-electron chi connectivity index (χ0n) is 16.1. The average Bonchev–Trinajstić information content (AvgIpc) is 3.31. The predicted octanol–water partition coefficient (Wildman–Crippen LogP) is 4.02. The monoisotopic (exact) mass is 388 g/mol. The van der Waals surface area contributed by atoms with Gasteiger partial charge in [-0.3, -0.25) is 14.6 Å². The molecule has 1 aromatic heterocycles. The van der Waals surface area contributed by atoms with Crippen molar-refractivity contribution in [3.8, 4) is 0 Å². The molecule has 1 aliphatic heterocycles. The SMILES string of the molecule is Nc1ccccc1NC(=O)c1ccc(N2CCCC2)cc1.O=Cc1cccnc1. The number of amides is 1. The number of nitrogen functional groups attached to an aromatic ring is 1. The van der Waals surface area contributed by atoms with Gasteiger partial charge in [0.05, 0.1) is 11.4 Å². The van der Waals surface area contributed by atoms with E-state index in [0.29, 0.717) is 22.5 Å². The number of nitrogens with one attached hydrogen (secondary N) is 1. The Morgan fingerprint density at radius 1 is 1.00 bits per heavy atom. The normalized spacial score (nSPS) is 12.6. The fourth-order valence-corrected chi connectivity index (χ4v) is 3.05. The lowest BCUT2D eigenvalue weighted by molar-refractivity contribution is 0.102. The maximum atomic E-state index is 12.2. The van der Waals surface area contributed by atoms with E-state index in [1.807, 2.05) is 36.4 Å². The van der Waals surface area contributed by atoms with Gasteiger partial charge in [0.15, 0.2) is 6.29 Å². The van der Waals surface area contributed by atoms with Crippen LogP contribution in [-0.2, 0) is 0 Å². The van der Waals surface area contributed by atoms with E-state index in [-0.39, 0.29) is 5.91 Å². The highest BCUT2D eigenvalue weighted by Crippen LogP contribution is 2.22. The number of carbonyl (C=O) groups is 2. The molecule has 1 fully saturated rings. The lowest BCUT2D eigenvalue weighted by Crippen LogP contribution is -2.18. The number of anilines is 3. The third-order valence-corrected chi connectivity index (χ3v) is 4.63. The number of aldehydes is 1. The number of para-hydroxylation sites is 2. The molecule has 1 saturated heterocycles. The van der Waals surface area contributed by atoms with Crippen molar-refractivity contribution in [2.45, 2.75) is 12.8 Å². The second-order valence-electron chi connectivity index (χ2n) is 6.69. The van der Waals surface area contributed by atoms with Crippen LogP contribution < -0.4 is 16.0 Å². The van der Waals surface area contributed by atoms with Crippen LogP contribution in [0.1, 0.15) is 33.6 Å². The van der Waals surface area contributed by atoms with Crippen LogP contribution in [0.3, 0.4) is 0 Å². The first-order valence-electron chi connectivity index (χ1n) is 9.53. The van der Waals surface area contributed by atoms with Gasteiger partial charge in [-0.05, 0) is 61.4 Å². The van der Waals surface area contributed by atoms with E-state index in [1.54, 1.807) is 30.5 Å².